The normalized spacial score (nSPS) is 9.35. The topological polar surface area (TPSA) is 40.5 Å². The number of phenols is 2. The lowest BCUT2D eigenvalue weighted by molar-refractivity contribution is 0.467. The van der Waals surface area contributed by atoms with Gasteiger partial charge in [0, 0.05) is 0 Å². The second-order valence-corrected chi connectivity index (χ2v) is 4.03. The van der Waals surface area contributed by atoms with Crippen molar-refractivity contribution in [1.29, 1.82) is 0 Å². The van der Waals surface area contributed by atoms with Crippen molar-refractivity contribution in [2.45, 2.75) is 20.8 Å². The molecule has 0 radical (unpaired) electrons. The minimum absolute atomic E-state index is 0.368. The molecular formula is C15H18O2. The highest BCUT2D eigenvalue weighted by atomic mass is 16.3. The van der Waals surface area contributed by atoms with Crippen molar-refractivity contribution >= 4 is 0 Å². The SMILES string of the molecule is Cc1cccc(C)c1O.Cc1ccccc1O. The number of benzene rings is 2. The maximum Gasteiger partial charge on any atom is 0.121 e. The molecule has 0 aliphatic carbocycles. The van der Waals surface area contributed by atoms with Crippen molar-refractivity contribution in [2.24, 2.45) is 0 Å². The van der Waals surface area contributed by atoms with Crippen LogP contribution in [0.1, 0.15) is 16.7 Å². The third kappa shape index (κ3) is 3.83. The predicted octanol–water partition coefficient (Wildman–Crippen LogP) is 3.71. The Labute approximate surface area is 102 Å². The first-order chi connectivity index (χ1) is 8.02. The van der Waals surface area contributed by atoms with Gasteiger partial charge in [0.15, 0.2) is 0 Å². The average Bonchev–Trinajstić information content (AvgIpc) is 2.31. The number of hydrogen-bond donors (Lipinski definition) is 2. The van der Waals surface area contributed by atoms with Crippen LogP contribution in [0, 0.1) is 20.8 Å². The zero-order chi connectivity index (χ0) is 12.8. The summed E-state index contributed by atoms with van der Waals surface area (Å²) in [7, 11) is 0. The summed E-state index contributed by atoms with van der Waals surface area (Å²) in [5.41, 5.74) is 2.80. The first kappa shape index (κ1) is 13.1. The zero-order valence-corrected chi connectivity index (χ0v) is 10.4. The van der Waals surface area contributed by atoms with E-state index in [0.29, 0.717) is 11.5 Å². The van der Waals surface area contributed by atoms with Gasteiger partial charge in [0.05, 0.1) is 0 Å². The van der Waals surface area contributed by atoms with Gasteiger partial charge in [-0.05, 0) is 43.5 Å². The van der Waals surface area contributed by atoms with Gasteiger partial charge in [-0.3, -0.25) is 0 Å². The Morgan fingerprint density at radius 2 is 1.12 bits per heavy atom. The standard InChI is InChI=1S/C8H10O.C7H8O/c1-6-4-3-5-7(2)8(6)9;1-6-4-2-3-5-7(6)8/h3-5,9H,1-2H3;2-5,8H,1H3. The van der Waals surface area contributed by atoms with Crippen LogP contribution < -0.4 is 0 Å². The lowest BCUT2D eigenvalue weighted by Gasteiger charge is -1.99. The minimum Gasteiger partial charge on any atom is -0.508 e. The Hall–Kier alpha value is -1.96. The summed E-state index contributed by atoms with van der Waals surface area (Å²) in [5, 5.41) is 18.1. The quantitative estimate of drug-likeness (QED) is 0.724. The molecule has 90 valence electrons. The molecule has 2 aromatic carbocycles. The van der Waals surface area contributed by atoms with Crippen LogP contribution in [0.5, 0.6) is 11.5 Å². The van der Waals surface area contributed by atoms with E-state index in [-0.39, 0.29) is 0 Å². The first-order valence-electron chi connectivity index (χ1n) is 5.52. The Balaban J connectivity index is 0.000000171. The number of rotatable bonds is 0. The summed E-state index contributed by atoms with van der Waals surface area (Å²) in [6, 6.07) is 13.0. The lowest BCUT2D eigenvalue weighted by Crippen LogP contribution is -1.76. The second-order valence-electron chi connectivity index (χ2n) is 4.03. The highest BCUT2D eigenvalue weighted by molar-refractivity contribution is 5.38. The number of phenolic OH excluding ortho intramolecular Hbond substituents is 2. The maximum absolute atomic E-state index is 9.21. The Morgan fingerprint density at radius 1 is 0.647 bits per heavy atom. The second kappa shape index (κ2) is 5.94. The lowest BCUT2D eigenvalue weighted by atomic mass is 10.1. The van der Waals surface area contributed by atoms with E-state index in [2.05, 4.69) is 0 Å². The van der Waals surface area contributed by atoms with E-state index in [0.717, 1.165) is 16.7 Å². The number of hydrogen-bond acceptors (Lipinski definition) is 2. The van der Waals surface area contributed by atoms with Gasteiger partial charge in [-0.1, -0.05) is 36.4 Å². The summed E-state index contributed by atoms with van der Waals surface area (Å²) in [6.45, 7) is 5.65. The monoisotopic (exact) mass is 230 g/mol. The van der Waals surface area contributed by atoms with Crippen molar-refractivity contribution in [3.05, 3.63) is 59.2 Å². The molecule has 0 spiro atoms. The summed E-state index contributed by atoms with van der Waals surface area (Å²) >= 11 is 0. The fourth-order valence-electron chi connectivity index (χ4n) is 1.37. The molecule has 2 heteroatoms. The summed E-state index contributed by atoms with van der Waals surface area (Å²) in [4.78, 5) is 0. The van der Waals surface area contributed by atoms with Crippen LogP contribution in [-0.2, 0) is 0 Å². The summed E-state index contributed by atoms with van der Waals surface area (Å²) in [5.74, 6) is 0.782. The summed E-state index contributed by atoms with van der Waals surface area (Å²) in [6.07, 6.45) is 0. The van der Waals surface area contributed by atoms with E-state index < -0.39 is 0 Å². The summed E-state index contributed by atoms with van der Waals surface area (Å²) < 4.78 is 0. The molecule has 2 N–H and O–H groups in total. The maximum atomic E-state index is 9.21. The van der Waals surface area contributed by atoms with Crippen LogP contribution >= 0.6 is 0 Å². The molecule has 0 atom stereocenters. The third-order valence-corrected chi connectivity index (χ3v) is 2.55. The van der Waals surface area contributed by atoms with Crippen LogP contribution in [0.4, 0.5) is 0 Å². The number of aryl methyl sites for hydroxylation is 3. The molecule has 0 heterocycles. The van der Waals surface area contributed by atoms with Crippen molar-refractivity contribution < 1.29 is 10.2 Å². The van der Waals surface area contributed by atoms with E-state index in [1.165, 1.54) is 0 Å². The van der Waals surface area contributed by atoms with Gasteiger partial charge >= 0.3 is 0 Å². The molecule has 0 bridgehead atoms. The third-order valence-electron chi connectivity index (χ3n) is 2.55. The molecule has 0 unspecified atom stereocenters. The van der Waals surface area contributed by atoms with Gasteiger partial charge in [-0.15, -0.1) is 0 Å². The van der Waals surface area contributed by atoms with Crippen molar-refractivity contribution in [2.75, 3.05) is 0 Å². The van der Waals surface area contributed by atoms with E-state index in [1.54, 1.807) is 6.07 Å². The van der Waals surface area contributed by atoms with Gasteiger partial charge in [0.2, 0.25) is 0 Å². The van der Waals surface area contributed by atoms with Gasteiger partial charge in [0.25, 0.3) is 0 Å². The number of para-hydroxylation sites is 2. The van der Waals surface area contributed by atoms with Gasteiger partial charge in [0.1, 0.15) is 11.5 Å². The molecule has 0 aromatic heterocycles. The molecule has 0 fully saturated rings. The fourth-order valence-corrected chi connectivity index (χ4v) is 1.37. The molecule has 2 rings (SSSR count). The Bertz CT molecular complexity index is 449. The molecule has 2 aromatic rings. The van der Waals surface area contributed by atoms with Gasteiger partial charge < -0.3 is 10.2 Å². The number of aromatic hydroxyl groups is 2. The van der Waals surface area contributed by atoms with Crippen molar-refractivity contribution in [3.8, 4) is 11.5 Å². The Morgan fingerprint density at radius 3 is 1.47 bits per heavy atom. The van der Waals surface area contributed by atoms with Crippen molar-refractivity contribution in [1.82, 2.24) is 0 Å². The molecular weight excluding hydrogens is 212 g/mol. The van der Waals surface area contributed by atoms with Gasteiger partial charge in [-0.25, -0.2) is 0 Å². The molecule has 0 saturated heterocycles. The molecule has 0 aliphatic rings. The van der Waals surface area contributed by atoms with Crippen LogP contribution in [0.15, 0.2) is 42.5 Å². The largest absolute Gasteiger partial charge is 0.508 e. The highest BCUT2D eigenvalue weighted by Crippen LogP contribution is 2.19. The average molecular weight is 230 g/mol. The predicted molar refractivity (Wildman–Crippen MR) is 70.4 cm³/mol. The van der Waals surface area contributed by atoms with Crippen LogP contribution in [-0.4, -0.2) is 10.2 Å². The highest BCUT2D eigenvalue weighted by Gasteiger charge is 1.95. The molecule has 17 heavy (non-hydrogen) atoms. The van der Waals surface area contributed by atoms with E-state index in [4.69, 9.17) is 5.11 Å². The van der Waals surface area contributed by atoms with E-state index >= 15 is 0 Å². The fraction of sp³-hybridized carbons (Fsp3) is 0.200. The molecule has 0 amide bonds. The molecule has 0 aliphatic heterocycles. The molecule has 2 nitrogen and oxygen atoms in total. The van der Waals surface area contributed by atoms with Crippen LogP contribution in [0.3, 0.4) is 0 Å². The smallest absolute Gasteiger partial charge is 0.121 e. The van der Waals surface area contributed by atoms with Crippen molar-refractivity contribution in [3.63, 3.8) is 0 Å². The van der Waals surface area contributed by atoms with Crippen LogP contribution in [0.2, 0.25) is 0 Å². The molecule has 0 saturated carbocycles. The first-order valence-corrected chi connectivity index (χ1v) is 5.52. The van der Waals surface area contributed by atoms with E-state index in [1.807, 2.05) is 57.2 Å². The minimum atomic E-state index is 0.368. The van der Waals surface area contributed by atoms with Gasteiger partial charge in [-0.2, -0.15) is 0 Å². The Kier molecular flexibility index (Phi) is 4.58. The van der Waals surface area contributed by atoms with E-state index in [9.17, 15) is 5.11 Å². The zero-order valence-electron chi connectivity index (χ0n) is 10.4. The van der Waals surface area contributed by atoms with Crippen LogP contribution in [0.25, 0.3) is 0 Å².